The third-order valence-electron chi connectivity index (χ3n) is 7.60. The lowest BCUT2D eigenvalue weighted by Gasteiger charge is -2.34. The van der Waals surface area contributed by atoms with Crippen LogP contribution >= 0.6 is 0 Å². The van der Waals surface area contributed by atoms with Gasteiger partial charge in [-0.1, -0.05) is 61.7 Å². The monoisotopic (exact) mass is 450 g/mol. The normalized spacial score (nSPS) is 30.1. The number of hydrogen-bond donors (Lipinski definition) is 3. The zero-order chi connectivity index (χ0) is 23.3. The summed E-state index contributed by atoms with van der Waals surface area (Å²) in [6.07, 6.45) is 3.45. The Morgan fingerprint density at radius 3 is 2.36 bits per heavy atom. The third-order valence-corrected chi connectivity index (χ3v) is 7.60. The molecule has 2 aromatic rings. The highest BCUT2D eigenvalue weighted by molar-refractivity contribution is 6.10. The molecule has 2 saturated heterocycles. The lowest BCUT2D eigenvalue weighted by Crippen LogP contribution is -2.57. The molecule has 0 bridgehead atoms. The van der Waals surface area contributed by atoms with Crippen molar-refractivity contribution >= 4 is 34.5 Å². The van der Waals surface area contributed by atoms with Gasteiger partial charge in [0.15, 0.2) is 0 Å². The molecular weight excluding hydrogens is 424 g/mol. The number of nitrogens with one attached hydrogen (secondary N) is 1. The van der Waals surface area contributed by atoms with Crippen LogP contribution in [0.15, 0.2) is 42.5 Å². The number of rotatable bonds is 5. The predicted molar refractivity (Wildman–Crippen MR) is 118 cm³/mol. The molecule has 2 aliphatic heterocycles. The molecule has 5 rings (SSSR count). The van der Waals surface area contributed by atoms with E-state index >= 15 is 0 Å². The van der Waals surface area contributed by atoms with E-state index in [0.29, 0.717) is 18.4 Å². The smallest absolute Gasteiger partial charge is 0.325 e. The molecule has 3 N–H and O–H groups in total. The number of nitrogens with zero attached hydrogens (tertiary/aromatic N) is 1. The van der Waals surface area contributed by atoms with Gasteiger partial charge in [-0.05, 0) is 29.2 Å². The molecule has 33 heavy (non-hydrogen) atoms. The number of likely N-dealkylation sites (tertiary alicyclic amines) is 1. The van der Waals surface area contributed by atoms with Gasteiger partial charge in [0, 0.05) is 12.1 Å². The van der Waals surface area contributed by atoms with Crippen molar-refractivity contribution in [1.82, 2.24) is 10.2 Å². The fourth-order valence-corrected chi connectivity index (χ4v) is 6.19. The molecule has 0 radical (unpaired) electrons. The van der Waals surface area contributed by atoms with Crippen LogP contribution in [0, 0.1) is 11.8 Å². The van der Waals surface area contributed by atoms with E-state index in [0.717, 1.165) is 30.0 Å². The average molecular weight is 450 g/mol. The van der Waals surface area contributed by atoms with Crippen LogP contribution in [-0.4, -0.2) is 50.4 Å². The van der Waals surface area contributed by atoms with E-state index in [2.05, 4.69) is 5.32 Å². The highest BCUT2D eigenvalue weighted by atomic mass is 16.4. The van der Waals surface area contributed by atoms with Crippen molar-refractivity contribution < 1.29 is 29.4 Å². The molecule has 3 fully saturated rings. The molecule has 4 unspecified atom stereocenters. The Balaban J connectivity index is 1.67. The minimum absolute atomic E-state index is 0.256. The summed E-state index contributed by atoms with van der Waals surface area (Å²) in [5.41, 5.74) is -1.36. The van der Waals surface area contributed by atoms with E-state index in [9.17, 15) is 29.4 Å². The first kappa shape index (κ1) is 21.6. The maximum Gasteiger partial charge on any atom is 0.325 e. The molecule has 1 saturated carbocycles. The first-order valence-electron chi connectivity index (χ1n) is 11.4. The second kappa shape index (κ2) is 7.95. The Morgan fingerprint density at radius 2 is 1.67 bits per heavy atom. The van der Waals surface area contributed by atoms with Crippen molar-refractivity contribution in [2.24, 2.45) is 11.8 Å². The second-order valence-corrected chi connectivity index (χ2v) is 9.38. The zero-order valence-electron chi connectivity index (χ0n) is 18.1. The number of carbonyl (C=O) groups excluding carboxylic acids is 2. The standard InChI is InChI=1S/C25H26N2O6/c28-18(29)13-25(24(32)33)20-19(22(30)27(23(20)31)15-9-2-1-3-10-15)21(26-25)17-12-6-8-14-7-4-5-11-16(14)17/h4-8,11-12,15,19-21,26H,1-3,9-10,13H2,(H,28,29)(H,32,33). The Morgan fingerprint density at radius 1 is 0.970 bits per heavy atom. The number of aliphatic carboxylic acids is 2. The van der Waals surface area contributed by atoms with Crippen LogP contribution in [0.25, 0.3) is 10.8 Å². The van der Waals surface area contributed by atoms with Crippen LogP contribution < -0.4 is 5.32 Å². The highest BCUT2D eigenvalue weighted by Gasteiger charge is 2.69. The summed E-state index contributed by atoms with van der Waals surface area (Å²) in [6, 6.07) is 12.1. The van der Waals surface area contributed by atoms with Gasteiger partial charge in [-0.15, -0.1) is 0 Å². The first-order chi connectivity index (χ1) is 15.8. The van der Waals surface area contributed by atoms with Gasteiger partial charge >= 0.3 is 11.9 Å². The van der Waals surface area contributed by atoms with E-state index in [1.54, 1.807) is 0 Å². The van der Waals surface area contributed by atoms with Gasteiger partial charge in [-0.2, -0.15) is 0 Å². The minimum Gasteiger partial charge on any atom is -0.481 e. The number of fused-ring (bicyclic) bond motifs is 2. The number of carbonyl (C=O) groups is 4. The number of carboxylic acid groups (broad SMARTS) is 2. The average Bonchev–Trinajstić information content (AvgIpc) is 3.27. The van der Waals surface area contributed by atoms with E-state index in [1.165, 1.54) is 4.90 Å². The van der Waals surface area contributed by atoms with Crippen molar-refractivity contribution in [1.29, 1.82) is 0 Å². The minimum atomic E-state index is -2.06. The Bertz CT molecular complexity index is 1150. The van der Waals surface area contributed by atoms with Crippen LogP contribution in [0.1, 0.15) is 50.1 Å². The lowest BCUT2D eigenvalue weighted by molar-refractivity contribution is -0.156. The Hall–Kier alpha value is -3.26. The topological polar surface area (TPSA) is 124 Å². The Kier molecular flexibility index (Phi) is 5.20. The summed E-state index contributed by atoms with van der Waals surface area (Å²) in [6.45, 7) is 0. The number of benzene rings is 2. The largest absolute Gasteiger partial charge is 0.481 e. The molecule has 3 aliphatic rings. The molecule has 2 heterocycles. The number of carboxylic acids is 2. The van der Waals surface area contributed by atoms with Crippen molar-refractivity contribution in [3.8, 4) is 0 Å². The molecule has 8 nitrogen and oxygen atoms in total. The molecule has 8 heteroatoms. The Labute approximate surface area is 190 Å². The van der Waals surface area contributed by atoms with Crippen molar-refractivity contribution in [3.63, 3.8) is 0 Å². The van der Waals surface area contributed by atoms with Gasteiger partial charge in [-0.3, -0.25) is 29.4 Å². The van der Waals surface area contributed by atoms with Gasteiger partial charge in [0.1, 0.15) is 5.54 Å². The molecule has 172 valence electrons. The highest BCUT2D eigenvalue weighted by Crippen LogP contribution is 2.52. The fraction of sp³-hybridized carbons (Fsp3) is 0.440. The molecule has 2 amide bonds. The maximum atomic E-state index is 13.7. The van der Waals surface area contributed by atoms with Crippen LogP contribution in [-0.2, 0) is 19.2 Å². The number of amides is 2. The lowest BCUT2D eigenvalue weighted by atomic mass is 9.77. The predicted octanol–water partition coefficient (Wildman–Crippen LogP) is 2.72. The molecular formula is C25H26N2O6. The van der Waals surface area contributed by atoms with Gasteiger partial charge in [0.05, 0.1) is 18.3 Å². The van der Waals surface area contributed by atoms with Crippen LogP contribution in [0.2, 0.25) is 0 Å². The summed E-state index contributed by atoms with van der Waals surface area (Å²) >= 11 is 0. The van der Waals surface area contributed by atoms with Gasteiger partial charge in [0.2, 0.25) is 11.8 Å². The van der Waals surface area contributed by atoms with Crippen LogP contribution in [0.5, 0.6) is 0 Å². The summed E-state index contributed by atoms with van der Waals surface area (Å²) in [4.78, 5) is 53.0. The number of imide groups is 1. The van der Waals surface area contributed by atoms with Gasteiger partial charge in [0.25, 0.3) is 0 Å². The molecule has 0 aromatic heterocycles. The summed E-state index contributed by atoms with van der Waals surface area (Å²) in [7, 11) is 0. The third kappa shape index (κ3) is 3.23. The maximum absolute atomic E-state index is 13.7. The molecule has 2 aromatic carbocycles. The SMILES string of the molecule is O=C(O)CC1(C(=O)O)NC(c2cccc3ccccc23)C2C(=O)N(C3CCCCC3)C(=O)C21. The van der Waals surface area contributed by atoms with E-state index in [1.807, 2.05) is 42.5 Å². The second-order valence-electron chi connectivity index (χ2n) is 9.38. The summed E-state index contributed by atoms with van der Waals surface area (Å²) < 4.78 is 0. The van der Waals surface area contributed by atoms with Crippen molar-refractivity contribution in [2.75, 3.05) is 0 Å². The zero-order valence-corrected chi connectivity index (χ0v) is 18.1. The summed E-state index contributed by atoms with van der Waals surface area (Å²) in [5.74, 6) is -5.95. The summed E-state index contributed by atoms with van der Waals surface area (Å²) in [5, 5.41) is 24.6. The quantitative estimate of drug-likeness (QED) is 0.598. The van der Waals surface area contributed by atoms with Crippen molar-refractivity contribution in [3.05, 3.63) is 48.0 Å². The van der Waals surface area contributed by atoms with Crippen LogP contribution in [0.3, 0.4) is 0 Å². The van der Waals surface area contributed by atoms with Gasteiger partial charge < -0.3 is 10.2 Å². The van der Waals surface area contributed by atoms with E-state index in [-0.39, 0.29) is 6.04 Å². The van der Waals surface area contributed by atoms with E-state index < -0.39 is 53.6 Å². The van der Waals surface area contributed by atoms with E-state index in [4.69, 9.17) is 0 Å². The molecule has 4 atom stereocenters. The van der Waals surface area contributed by atoms with Crippen LogP contribution in [0.4, 0.5) is 0 Å². The molecule has 1 aliphatic carbocycles. The molecule has 0 spiro atoms. The number of hydrogen-bond acceptors (Lipinski definition) is 5. The van der Waals surface area contributed by atoms with Gasteiger partial charge in [-0.25, -0.2) is 0 Å². The first-order valence-corrected chi connectivity index (χ1v) is 11.4. The van der Waals surface area contributed by atoms with Crippen molar-refractivity contribution in [2.45, 2.75) is 56.1 Å². The fourth-order valence-electron chi connectivity index (χ4n) is 6.19.